The number of aryl methyl sites for hydroxylation is 1. The third-order valence-corrected chi connectivity index (χ3v) is 4.12. The number of amides is 2. The average molecular weight is 294 g/mol. The Kier molecular flexibility index (Phi) is 5.19. The van der Waals surface area contributed by atoms with E-state index in [4.69, 9.17) is 5.11 Å². The van der Waals surface area contributed by atoms with E-state index in [-0.39, 0.29) is 11.9 Å². The Morgan fingerprint density at radius 3 is 2.62 bits per heavy atom. The van der Waals surface area contributed by atoms with Crippen molar-refractivity contribution < 1.29 is 14.7 Å². The van der Waals surface area contributed by atoms with E-state index >= 15 is 0 Å². The highest BCUT2D eigenvalue weighted by atomic mass is 16.4. The molecule has 0 bridgehead atoms. The molecule has 0 aliphatic heterocycles. The van der Waals surface area contributed by atoms with E-state index in [1.165, 1.54) is 0 Å². The van der Waals surface area contributed by atoms with E-state index in [0.29, 0.717) is 31.8 Å². The molecule has 1 saturated carbocycles. The minimum absolute atomic E-state index is 0.198. The fourth-order valence-electron chi connectivity index (χ4n) is 2.64. The molecule has 1 aromatic rings. The molecule has 0 unspecified atom stereocenters. The number of hydrogen-bond donors (Lipinski definition) is 4. The maximum absolute atomic E-state index is 11.7. The van der Waals surface area contributed by atoms with Crippen molar-refractivity contribution in [2.45, 2.75) is 39.2 Å². The van der Waals surface area contributed by atoms with E-state index in [1.807, 2.05) is 6.92 Å². The van der Waals surface area contributed by atoms with Crippen LogP contribution in [0.4, 0.5) is 4.79 Å². The molecule has 4 N–H and O–H groups in total. The second-order valence-corrected chi connectivity index (χ2v) is 5.64. The number of hydrogen-bond acceptors (Lipinski definition) is 3. The fraction of sp³-hybridized carbons (Fsp3) is 0.643. The van der Waals surface area contributed by atoms with Gasteiger partial charge >= 0.3 is 12.0 Å². The summed E-state index contributed by atoms with van der Waals surface area (Å²) in [4.78, 5) is 22.6. The molecule has 1 aliphatic rings. The van der Waals surface area contributed by atoms with Gasteiger partial charge in [0.2, 0.25) is 0 Å². The summed E-state index contributed by atoms with van der Waals surface area (Å²) in [6.45, 7) is 2.95. The number of carbonyl (C=O) groups excluding carboxylic acids is 1. The van der Waals surface area contributed by atoms with Gasteiger partial charge in [-0.05, 0) is 38.5 Å². The average Bonchev–Trinajstić information content (AvgIpc) is 2.88. The smallest absolute Gasteiger partial charge is 0.315 e. The second kappa shape index (κ2) is 7.10. The second-order valence-electron chi connectivity index (χ2n) is 5.64. The molecule has 7 nitrogen and oxygen atoms in total. The number of aromatic amines is 1. The van der Waals surface area contributed by atoms with Crippen LogP contribution in [-0.4, -0.2) is 33.8 Å². The highest BCUT2D eigenvalue weighted by Gasteiger charge is 2.25. The van der Waals surface area contributed by atoms with E-state index < -0.39 is 5.97 Å². The van der Waals surface area contributed by atoms with Gasteiger partial charge in [0.1, 0.15) is 0 Å². The summed E-state index contributed by atoms with van der Waals surface area (Å²) in [5.41, 5.74) is 1.91. The number of rotatable bonds is 5. The molecule has 2 rings (SSSR count). The summed E-state index contributed by atoms with van der Waals surface area (Å²) in [5.74, 6) is -0.532. The summed E-state index contributed by atoms with van der Waals surface area (Å²) < 4.78 is 0. The molecule has 0 saturated heterocycles. The highest BCUT2D eigenvalue weighted by molar-refractivity contribution is 5.73. The van der Waals surface area contributed by atoms with Gasteiger partial charge in [-0.15, -0.1) is 0 Å². The van der Waals surface area contributed by atoms with Crippen LogP contribution in [0.3, 0.4) is 0 Å². The zero-order valence-electron chi connectivity index (χ0n) is 12.2. The van der Waals surface area contributed by atoms with Crippen molar-refractivity contribution in [2.75, 3.05) is 6.54 Å². The molecular weight excluding hydrogens is 272 g/mol. The van der Waals surface area contributed by atoms with E-state index in [9.17, 15) is 9.59 Å². The topological polar surface area (TPSA) is 107 Å². The maximum atomic E-state index is 11.7. The minimum Gasteiger partial charge on any atom is -0.481 e. The molecule has 2 amide bonds. The van der Waals surface area contributed by atoms with Crippen LogP contribution in [0.1, 0.15) is 36.9 Å². The van der Waals surface area contributed by atoms with Gasteiger partial charge in [-0.2, -0.15) is 5.10 Å². The van der Waals surface area contributed by atoms with E-state index in [0.717, 1.165) is 24.1 Å². The molecule has 0 radical (unpaired) electrons. The molecule has 0 spiro atoms. The van der Waals surface area contributed by atoms with Gasteiger partial charge in [-0.3, -0.25) is 9.89 Å². The number of urea groups is 1. The van der Waals surface area contributed by atoms with E-state index in [2.05, 4.69) is 20.8 Å². The number of H-pyrrole nitrogens is 1. The lowest BCUT2D eigenvalue weighted by molar-refractivity contribution is -0.143. The molecule has 1 heterocycles. The first-order valence-electron chi connectivity index (χ1n) is 7.29. The van der Waals surface area contributed by atoms with Crippen LogP contribution in [0.25, 0.3) is 0 Å². The van der Waals surface area contributed by atoms with Crippen LogP contribution < -0.4 is 10.6 Å². The molecule has 116 valence electrons. The number of nitrogens with zero attached hydrogens (tertiary/aromatic N) is 1. The fourth-order valence-corrected chi connectivity index (χ4v) is 2.64. The standard InChI is InChI=1S/C14H22N4O3/c1-9-12(8-17-18-9)7-16-14(21)15-6-10-2-4-11(5-3-10)13(19)20/h8,10-11H,2-7H2,1H3,(H,17,18)(H,19,20)(H2,15,16,21). The molecule has 1 aliphatic carbocycles. The zero-order valence-corrected chi connectivity index (χ0v) is 12.2. The number of carboxylic acids is 1. The minimum atomic E-state index is -0.699. The predicted molar refractivity (Wildman–Crippen MR) is 76.6 cm³/mol. The Morgan fingerprint density at radius 1 is 1.33 bits per heavy atom. The summed E-state index contributed by atoms with van der Waals surface area (Å²) >= 11 is 0. The summed E-state index contributed by atoms with van der Waals surface area (Å²) in [5, 5.41) is 21.3. The zero-order chi connectivity index (χ0) is 15.2. The van der Waals surface area contributed by atoms with Crippen molar-refractivity contribution in [1.82, 2.24) is 20.8 Å². The Bertz CT molecular complexity index is 492. The van der Waals surface area contributed by atoms with Gasteiger partial charge < -0.3 is 15.7 Å². The third kappa shape index (κ3) is 4.47. The number of aliphatic carboxylic acids is 1. The molecule has 1 aromatic heterocycles. The Hall–Kier alpha value is -2.05. The first-order valence-corrected chi connectivity index (χ1v) is 7.29. The van der Waals surface area contributed by atoms with Crippen molar-refractivity contribution in [1.29, 1.82) is 0 Å². The van der Waals surface area contributed by atoms with Crippen LogP contribution in [0, 0.1) is 18.8 Å². The first kappa shape index (κ1) is 15.3. The Morgan fingerprint density at radius 2 is 2.05 bits per heavy atom. The van der Waals surface area contributed by atoms with Crippen molar-refractivity contribution in [2.24, 2.45) is 11.8 Å². The van der Waals surface area contributed by atoms with Gasteiger partial charge in [-0.25, -0.2) is 4.79 Å². The van der Waals surface area contributed by atoms with Crippen LogP contribution in [-0.2, 0) is 11.3 Å². The maximum Gasteiger partial charge on any atom is 0.315 e. The van der Waals surface area contributed by atoms with Gasteiger partial charge in [-0.1, -0.05) is 0 Å². The van der Waals surface area contributed by atoms with Crippen molar-refractivity contribution in [3.05, 3.63) is 17.5 Å². The van der Waals surface area contributed by atoms with Crippen LogP contribution in [0.2, 0.25) is 0 Å². The van der Waals surface area contributed by atoms with Gasteiger partial charge in [0.25, 0.3) is 0 Å². The number of aromatic nitrogens is 2. The lowest BCUT2D eigenvalue weighted by Gasteiger charge is -2.26. The van der Waals surface area contributed by atoms with Crippen LogP contribution in [0.15, 0.2) is 6.20 Å². The largest absolute Gasteiger partial charge is 0.481 e. The van der Waals surface area contributed by atoms with Gasteiger partial charge in [0, 0.05) is 24.3 Å². The van der Waals surface area contributed by atoms with Crippen molar-refractivity contribution >= 4 is 12.0 Å². The van der Waals surface area contributed by atoms with Crippen LogP contribution in [0.5, 0.6) is 0 Å². The quantitative estimate of drug-likeness (QED) is 0.658. The summed E-state index contributed by atoms with van der Waals surface area (Å²) in [7, 11) is 0. The highest BCUT2D eigenvalue weighted by Crippen LogP contribution is 2.28. The van der Waals surface area contributed by atoms with Gasteiger partial charge in [0.05, 0.1) is 12.1 Å². The summed E-state index contributed by atoms with van der Waals surface area (Å²) in [6.07, 6.45) is 4.83. The molecule has 0 aromatic carbocycles. The molecule has 7 heteroatoms. The lowest BCUT2D eigenvalue weighted by Crippen LogP contribution is -2.39. The number of carboxylic acid groups (broad SMARTS) is 1. The first-order chi connectivity index (χ1) is 10.1. The third-order valence-electron chi connectivity index (χ3n) is 4.12. The Balaban J connectivity index is 1.63. The molecule has 0 atom stereocenters. The van der Waals surface area contributed by atoms with Crippen LogP contribution >= 0.6 is 0 Å². The predicted octanol–water partition coefficient (Wildman–Crippen LogP) is 1.41. The van der Waals surface area contributed by atoms with Crippen molar-refractivity contribution in [3.8, 4) is 0 Å². The number of carbonyl (C=O) groups is 2. The van der Waals surface area contributed by atoms with Crippen molar-refractivity contribution in [3.63, 3.8) is 0 Å². The number of nitrogens with one attached hydrogen (secondary N) is 3. The lowest BCUT2D eigenvalue weighted by atomic mass is 9.82. The van der Waals surface area contributed by atoms with E-state index in [1.54, 1.807) is 6.20 Å². The van der Waals surface area contributed by atoms with Gasteiger partial charge in [0.15, 0.2) is 0 Å². The molecule has 1 fully saturated rings. The monoisotopic (exact) mass is 294 g/mol. The summed E-state index contributed by atoms with van der Waals surface area (Å²) in [6, 6.07) is -0.198. The molecule has 21 heavy (non-hydrogen) atoms. The SMILES string of the molecule is Cc1[nH]ncc1CNC(=O)NCC1CCC(C(=O)O)CC1. The normalized spacial score (nSPS) is 21.8. The molecular formula is C14H22N4O3. The Labute approximate surface area is 123 Å².